The van der Waals surface area contributed by atoms with Crippen molar-refractivity contribution in [2.45, 2.75) is 13.1 Å². The van der Waals surface area contributed by atoms with E-state index in [9.17, 15) is 13.2 Å². The van der Waals surface area contributed by atoms with E-state index >= 15 is 0 Å². The van der Waals surface area contributed by atoms with Gasteiger partial charge in [0.1, 0.15) is 0 Å². The first-order chi connectivity index (χ1) is 16.9. The van der Waals surface area contributed by atoms with Crippen molar-refractivity contribution in [2.75, 3.05) is 0 Å². The van der Waals surface area contributed by atoms with E-state index < -0.39 is 11.7 Å². The summed E-state index contributed by atoms with van der Waals surface area (Å²) in [7, 11) is 0. The summed E-state index contributed by atoms with van der Waals surface area (Å²) in [4.78, 5) is 12.5. The third-order valence-corrected chi connectivity index (χ3v) is 5.13. The van der Waals surface area contributed by atoms with Crippen molar-refractivity contribution < 1.29 is 33.3 Å². The Kier molecular flexibility index (Phi) is 9.23. The summed E-state index contributed by atoms with van der Waals surface area (Å²) in [6.07, 6.45) is 2.40. The molecule has 183 valence electrons. The van der Waals surface area contributed by atoms with E-state index in [-0.39, 0.29) is 20.1 Å². The van der Waals surface area contributed by atoms with Crippen LogP contribution in [0, 0.1) is 19.1 Å². The predicted octanol–water partition coefficient (Wildman–Crippen LogP) is 7.48. The summed E-state index contributed by atoms with van der Waals surface area (Å²) >= 11 is 0. The molecule has 0 amide bonds. The molecule has 3 aromatic heterocycles. The molecule has 1 radical (unpaired) electrons. The first kappa shape index (κ1) is 26.9. The van der Waals surface area contributed by atoms with Gasteiger partial charge < -0.3 is 9.97 Å². The molecule has 0 aliphatic heterocycles. The molecular weight excluding hydrogens is 640 g/mol. The van der Waals surface area contributed by atoms with Crippen molar-refractivity contribution in [3.63, 3.8) is 0 Å². The molecule has 3 heterocycles. The van der Waals surface area contributed by atoms with Crippen molar-refractivity contribution in [1.82, 2.24) is 15.0 Å². The number of aryl methyl sites for hydroxylation is 1. The van der Waals surface area contributed by atoms with Crippen molar-refractivity contribution in [3.05, 3.63) is 127 Å². The van der Waals surface area contributed by atoms with Gasteiger partial charge in [-0.25, -0.2) is 0 Å². The van der Waals surface area contributed by atoms with Crippen LogP contribution < -0.4 is 0 Å². The van der Waals surface area contributed by atoms with Crippen LogP contribution in [-0.2, 0) is 26.3 Å². The van der Waals surface area contributed by atoms with Gasteiger partial charge in [0.2, 0.25) is 0 Å². The van der Waals surface area contributed by atoms with Gasteiger partial charge in [0, 0.05) is 50.5 Å². The average molecular weight is 660 g/mol. The number of pyridine rings is 3. The van der Waals surface area contributed by atoms with E-state index in [2.05, 4.69) is 27.1 Å². The molecule has 0 unspecified atom stereocenters. The molecule has 0 aliphatic rings. The van der Waals surface area contributed by atoms with Crippen molar-refractivity contribution in [3.8, 4) is 33.6 Å². The van der Waals surface area contributed by atoms with Crippen LogP contribution >= 0.6 is 0 Å². The Labute approximate surface area is 221 Å². The van der Waals surface area contributed by atoms with Crippen LogP contribution in [0.5, 0.6) is 0 Å². The molecule has 2 aromatic carbocycles. The summed E-state index contributed by atoms with van der Waals surface area (Å²) in [5, 5.41) is 0. The summed E-state index contributed by atoms with van der Waals surface area (Å²) in [5.74, 6) is 0. The second-order valence-corrected chi connectivity index (χ2v) is 7.59. The molecule has 7 heteroatoms. The Morgan fingerprint density at radius 3 is 2.14 bits per heavy atom. The maximum Gasteiger partial charge on any atom is 0.399 e. The number of hydrogen-bond donors (Lipinski definition) is 0. The largest absolute Gasteiger partial charge is 0.399 e. The monoisotopic (exact) mass is 660 g/mol. The first-order valence-electron chi connectivity index (χ1n) is 10.8. The summed E-state index contributed by atoms with van der Waals surface area (Å²) < 4.78 is 38.4. The van der Waals surface area contributed by atoms with Gasteiger partial charge in [0.25, 0.3) is 0 Å². The fraction of sp³-hybridized carbons (Fsp3) is 0.0690. The van der Waals surface area contributed by atoms with Gasteiger partial charge in [-0.1, -0.05) is 18.2 Å². The van der Waals surface area contributed by atoms with Crippen molar-refractivity contribution >= 4 is 0 Å². The number of halogens is 3. The van der Waals surface area contributed by atoms with E-state index in [1.54, 1.807) is 36.9 Å². The minimum absolute atomic E-state index is 0. The maximum absolute atomic E-state index is 12.8. The minimum atomic E-state index is -4.41. The molecule has 0 atom stereocenters. The minimum Gasteiger partial charge on any atom is -0.305 e. The zero-order valence-corrected chi connectivity index (χ0v) is 21.5. The third-order valence-electron chi connectivity index (χ3n) is 5.13. The third kappa shape index (κ3) is 6.94. The van der Waals surface area contributed by atoms with E-state index in [1.165, 1.54) is 6.07 Å². The molecule has 36 heavy (non-hydrogen) atoms. The first-order valence-corrected chi connectivity index (χ1v) is 10.8. The summed E-state index contributed by atoms with van der Waals surface area (Å²) in [5.41, 5.74) is 4.80. The zero-order valence-electron chi connectivity index (χ0n) is 19.1. The number of alkyl halides is 3. The summed E-state index contributed by atoms with van der Waals surface area (Å²) in [6.45, 7) is 1.90. The molecule has 0 saturated carbocycles. The number of nitrogens with zero attached hydrogens (tertiary/aromatic N) is 3. The number of aromatic nitrogens is 3. The Morgan fingerprint density at radius 2 is 1.50 bits per heavy atom. The van der Waals surface area contributed by atoms with Crippen LogP contribution in [0.1, 0.15) is 11.1 Å². The average Bonchev–Trinajstić information content (AvgIpc) is 2.90. The van der Waals surface area contributed by atoms with Crippen LogP contribution in [0.3, 0.4) is 0 Å². The topological polar surface area (TPSA) is 38.7 Å². The molecule has 0 spiro atoms. The van der Waals surface area contributed by atoms with Crippen molar-refractivity contribution in [2.24, 2.45) is 0 Å². The number of rotatable bonds is 3. The molecular formula is C29H20F3IrN3-2. The molecule has 0 N–H and O–H groups in total. The fourth-order valence-electron chi connectivity index (χ4n) is 3.40. The SMILES string of the molecule is Cc1cc(-c2[c-]c(C(F)(F)F)ccc2)ncc1-c1ccncc1.[Ir].[c-]1ccccc1-c1ccccn1. The Balaban J connectivity index is 0.000000234. The second-order valence-electron chi connectivity index (χ2n) is 7.59. The predicted molar refractivity (Wildman–Crippen MR) is 130 cm³/mol. The van der Waals surface area contributed by atoms with Gasteiger partial charge >= 0.3 is 6.18 Å². The number of hydrogen-bond acceptors (Lipinski definition) is 3. The van der Waals surface area contributed by atoms with E-state index in [1.807, 2.05) is 61.5 Å². The van der Waals surface area contributed by atoms with Crippen LogP contribution in [0.15, 0.2) is 104 Å². The standard InChI is InChI=1S/C18H12F3N2.C11H8N.Ir/c1-12-9-17(14-3-2-4-15(10-14)18(19,20)21)23-11-16(12)13-5-7-22-8-6-13;1-2-6-10(7-3-1)11-8-4-5-9-12-11;/h2-9,11H,1H3;1-6,8-9H;/q2*-1;. The Morgan fingerprint density at radius 1 is 0.750 bits per heavy atom. The van der Waals surface area contributed by atoms with Gasteiger partial charge in [0.15, 0.2) is 0 Å². The zero-order chi connectivity index (χ0) is 24.7. The maximum atomic E-state index is 12.8. The summed E-state index contributed by atoms with van der Waals surface area (Å²) in [6, 6.07) is 28.6. The van der Waals surface area contributed by atoms with Crippen LogP contribution in [0.2, 0.25) is 0 Å². The van der Waals surface area contributed by atoms with E-state index in [4.69, 9.17) is 0 Å². The molecule has 0 bridgehead atoms. The Hall–Kier alpha value is -3.67. The molecule has 0 saturated heterocycles. The van der Waals surface area contributed by atoms with Crippen molar-refractivity contribution in [1.29, 1.82) is 0 Å². The van der Waals surface area contributed by atoms with Gasteiger partial charge in [-0.15, -0.1) is 65.7 Å². The van der Waals surface area contributed by atoms with Gasteiger partial charge in [-0.2, -0.15) is 13.2 Å². The normalized spacial score (nSPS) is 10.6. The smallest absolute Gasteiger partial charge is 0.305 e. The van der Waals surface area contributed by atoms with E-state index in [0.717, 1.165) is 34.0 Å². The fourth-order valence-corrected chi connectivity index (χ4v) is 3.40. The van der Waals surface area contributed by atoms with Gasteiger partial charge in [-0.3, -0.25) is 4.98 Å². The van der Waals surface area contributed by atoms with Crippen LogP contribution in [0.4, 0.5) is 13.2 Å². The van der Waals surface area contributed by atoms with Gasteiger partial charge in [0.05, 0.1) is 0 Å². The Bertz CT molecular complexity index is 1340. The van der Waals surface area contributed by atoms with Crippen LogP contribution in [-0.4, -0.2) is 15.0 Å². The molecule has 5 aromatic rings. The quantitative estimate of drug-likeness (QED) is 0.189. The molecule has 3 nitrogen and oxygen atoms in total. The van der Waals surface area contributed by atoms with Crippen LogP contribution in [0.25, 0.3) is 33.6 Å². The number of benzene rings is 2. The van der Waals surface area contributed by atoms with E-state index in [0.29, 0.717) is 11.3 Å². The molecule has 0 fully saturated rings. The molecule has 5 rings (SSSR count). The van der Waals surface area contributed by atoms with Gasteiger partial charge in [-0.05, 0) is 53.2 Å². The second kappa shape index (κ2) is 12.3. The molecule has 0 aliphatic carbocycles.